The van der Waals surface area contributed by atoms with Crippen LogP contribution < -0.4 is 4.90 Å². The third-order valence-electron chi connectivity index (χ3n) is 6.08. The Kier molecular flexibility index (Phi) is 5.09. The molecule has 0 radical (unpaired) electrons. The highest BCUT2D eigenvalue weighted by atomic mass is 16.5. The van der Waals surface area contributed by atoms with Gasteiger partial charge in [0.1, 0.15) is 0 Å². The summed E-state index contributed by atoms with van der Waals surface area (Å²) in [6.07, 6.45) is 0.228. The van der Waals surface area contributed by atoms with E-state index in [-0.39, 0.29) is 19.0 Å². The summed E-state index contributed by atoms with van der Waals surface area (Å²) >= 11 is 0. The zero-order chi connectivity index (χ0) is 20.7. The number of aliphatic hydroxyl groups excluding tert-OH is 1. The summed E-state index contributed by atoms with van der Waals surface area (Å²) in [6.45, 7) is 8.74. The molecule has 152 valence electrons. The third kappa shape index (κ3) is 3.19. The summed E-state index contributed by atoms with van der Waals surface area (Å²) in [5, 5.41) is 10.8. The summed E-state index contributed by atoms with van der Waals surface area (Å²) < 4.78 is 7.39. The zero-order valence-corrected chi connectivity index (χ0v) is 17.6. The molecule has 0 fully saturated rings. The van der Waals surface area contributed by atoms with E-state index in [1.54, 1.807) is 0 Å². The van der Waals surface area contributed by atoms with Gasteiger partial charge in [0, 0.05) is 30.7 Å². The monoisotopic (exact) mass is 392 g/mol. The van der Waals surface area contributed by atoms with Gasteiger partial charge in [-0.3, -0.25) is 4.79 Å². The standard InChI is InChI=1S/C24H28N2O3/c1-15-5-7-18(8-6-15)22-19(14-21(28)29-4)17(3)23-24-20(22)13-16(2)26(24)10-9-25(23)11-12-27/h5-8,13,27H,9-12,14H2,1-4H3. The van der Waals surface area contributed by atoms with Crippen LogP contribution in [0.4, 0.5) is 5.69 Å². The van der Waals surface area contributed by atoms with Crippen LogP contribution in [0, 0.1) is 20.8 Å². The Balaban J connectivity index is 2.09. The number of aromatic nitrogens is 1. The Morgan fingerprint density at radius 2 is 1.86 bits per heavy atom. The van der Waals surface area contributed by atoms with Crippen LogP contribution in [0.2, 0.25) is 0 Å². The Morgan fingerprint density at radius 1 is 1.14 bits per heavy atom. The molecule has 1 aliphatic heterocycles. The minimum atomic E-state index is -0.242. The molecule has 0 spiro atoms. The lowest BCUT2D eigenvalue weighted by molar-refractivity contribution is -0.139. The molecule has 1 aromatic heterocycles. The van der Waals surface area contributed by atoms with E-state index in [1.807, 2.05) is 0 Å². The van der Waals surface area contributed by atoms with Crippen molar-refractivity contribution in [3.05, 3.63) is 52.7 Å². The maximum Gasteiger partial charge on any atom is 0.310 e. The highest BCUT2D eigenvalue weighted by Gasteiger charge is 2.28. The van der Waals surface area contributed by atoms with Crippen LogP contribution in [0.15, 0.2) is 30.3 Å². The van der Waals surface area contributed by atoms with E-state index >= 15 is 0 Å². The molecule has 0 bridgehead atoms. The second-order valence-corrected chi connectivity index (χ2v) is 7.86. The molecule has 1 N–H and O–H groups in total. The van der Waals surface area contributed by atoms with Crippen LogP contribution in [0.1, 0.15) is 22.4 Å². The normalized spacial score (nSPS) is 13.2. The molecule has 5 nitrogen and oxygen atoms in total. The van der Waals surface area contributed by atoms with E-state index in [2.05, 4.69) is 60.6 Å². The minimum Gasteiger partial charge on any atom is -0.469 e. The SMILES string of the molecule is COC(=O)Cc1c(C)c2c3c(cc(C)n3CCN2CCO)c1-c1ccc(C)cc1. The van der Waals surface area contributed by atoms with Crippen molar-refractivity contribution in [1.82, 2.24) is 4.57 Å². The Hall–Kier alpha value is -2.79. The van der Waals surface area contributed by atoms with E-state index in [9.17, 15) is 9.90 Å². The van der Waals surface area contributed by atoms with Crippen molar-refractivity contribution in [2.45, 2.75) is 33.7 Å². The van der Waals surface area contributed by atoms with Gasteiger partial charge in [0.05, 0.1) is 31.3 Å². The number of benzene rings is 2. The quantitative estimate of drug-likeness (QED) is 0.672. The summed E-state index contributed by atoms with van der Waals surface area (Å²) in [5.74, 6) is -0.242. The van der Waals surface area contributed by atoms with Crippen molar-refractivity contribution in [3.63, 3.8) is 0 Å². The van der Waals surface area contributed by atoms with Gasteiger partial charge in [0.2, 0.25) is 0 Å². The van der Waals surface area contributed by atoms with Gasteiger partial charge in [0.15, 0.2) is 0 Å². The summed E-state index contributed by atoms with van der Waals surface area (Å²) in [6, 6.07) is 10.7. The van der Waals surface area contributed by atoms with Crippen molar-refractivity contribution in [2.75, 3.05) is 31.7 Å². The molecule has 0 saturated heterocycles. The number of hydrogen-bond donors (Lipinski definition) is 1. The molecule has 1 aliphatic rings. The lowest BCUT2D eigenvalue weighted by atomic mass is 9.88. The molecular formula is C24H28N2O3. The molecule has 3 aromatic rings. The largest absolute Gasteiger partial charge is 0.469 e. The first kappa shape index (κ1) is 19.5. The highest BCUT2D eigenvalue weighted by molar-refractivity contribution is 6.07. The number of aryl methyl sites for hydroxylation is 2. The fourth-order valence-electron chi connectivity index (χ4n) is 4.63. The predicted molar refractivity (Wildman–Crippen MR) is 117 cm³/mol. The molecule has 0 aliphatic carbocycles. The van der Waals surface area contributed by atoms with E-state index in [1.165, 1.54) is 23.9 Å². The van der Waals surface area contributed by atoms with Gasteiger partial charge in [0.25, 0.3) is 0 Å². The van der Waals surface area contributed by atoms with Crippen molar-refractivity contribution >= 4 is 22.6 Å². The maximum atomic E-state index is 12.3. The van der Waals surface area contributed by atoms with Gasteiger partial charge >= 0.3 is 5.97 Å². The molecule has 2 heterocycles. The van der Waals surface area contributed by atoms with Crippen LogP contribution in [0.5, 0.6) is 0 Å². The van der Waals surface area contributed by atoms with Crippen LogP contribution in [-0.4, -0.2) is 42.4 Å². The van der Waals surface area contributed by atoms with Crippen molar-refractivity contribution < 1.29 is 14.6 Å². The number of anilines is 1. The second kappa shape index (κ2) is 7.56. The smallest absolute Gasteiger partial charge is 0.310 e. The predicted octanol–water partition coefficient (Wildman–Crippen LogP) is 3.76. The number of hydrogen-bond acceptors (Lipinski definition) is 4. The van der Waals surface area contributed by atoms with E-state index in [0.29, 0.717) is 6.54 Å². The van der Waals surface area contributed by atoms with Gasteiger partial charge in [-0.2, -0.15) is 0 Å². The van der Waals surface area contributed by atoms with Crippen LogP contribution in [-0.2, 0) is 22.5 Å². The highest BCUT2D eigenvalue weighted by Crippen LogP contribution is 2.44. The topological polar surface area (TPSA) is 54.7 Å². The maximum absolute atomic E-state index is 12.3. The number of ether oxygens (including phenoxy) is 1. The first-order chi connectivity index (χ1) is 14.0. The molecule has 29 heavy (non-hydrogen) atoms. The molecule has 0 atom stereocenters. The number of methoxy groups -OCH3 is 1. The van der Waals surface area contributed by atoms with E-state index in [0.717, 1.165) is 46.4 Å². The lowest BCUT2D eigenvalue weighted by Gasteiger charge is -2.34. The average molecular weight is 392 g/mol. The van der Waals surface area contributed by atoms with Crippen molar-refractivity contribution in [1.29, 1.82) is 0 Å². The number of nitrogens with zero attached hydrogens (tertiary/aromatic N) is 2. The van der Waals surface area contributed by atoms with E-state index in [4.69, 9.17) is 4.74 Å². The summed E-state index contributed by atoms with van der Waals surface area (Å²) in [4.78, 5) is 14.6. The van der Waals surface area contributed by atoms with Gasteiger partial charge in [-0.05, 0) is 49.1 Å². The van der Waals surface area contributed by atoms with Gasteiger partial charge in [-0.15, -0.1) is 0 Å². The second-order valence-electron chi connectivity index (χ2n) is 7.86. The molecular weight excluding hydrogens is 364 g/mol. The number of carbonyl (C=O) groups excluding carboxylic acids is 1. The molecule has 5 heteroatoms. The van der Waals surface area contributed by atoms with Gasteiger partial charge < -0.3 is 19.3 Å². The molecule has 2 aromatic carbocycles. The molecule has 0 unspecified atom stereocenters. The Bertz CT molecular complexity index is 1080. The van der Waals surface area contributed by atoms with Gasteiger partial charge in [-0.25, -0.2) is 0 Å². The fraction of sp³-hybridized carbons (Fsp3) is 0.375. The van der Waals surface area contributed by atoms with Gasteiger partial charge in [-0.1, -0.05) is 29.8 Å². The molecule has 0 saturated carbocycles. The molecule has 0 amide bonds. The van der Waals surface area contributed by atoms with Crippen molar-refractivity contribution in [2.24, 2.45) is 0 Å². The summed E-state index contributed by atoms with van der Waals surface area (Å²) in [7, 11) is 1.43. The van der Waals surface area contributed by atoms with E-state index < -0.39 is 0 Å². The zero-order valence-electron chi connectivity index (χ0n) is 17.6. The number of rotatable bonds is 5. The van der Waals surface area contributed by atoms with Crippen LogP contribution >= 0.6 is 0 Å². The minimum absolute atomic E-state index is 0.104. The number of aliphatic hydroxyl groups is 1. The first-order valence-electron chi connectivity index (χ1n) is 10.1. The number of β-amino-alcohol motifs (C(OH)–C–C–N with tert-alkyl or cyclic N) is 1. The number of esters is 1. The summed E-state index contributed by atoms with van der Waals surface area (Å²) in [5.41, 5.74) is 9.06. The third-order valence-corrected chi connectivity index (χ3v) is 6.08. The van der Waals surface area contributed by atoms with Crippen molar-refractivity contribution in [3.8, 4) is 11.1 Å². The molecule has 4 rings (SSSR count). The fourth-order valence-corrected chi connectivity index (χ4v) is 4.63. The lowest BCUT2D eigenvalue weighted by Crippen LogP contribution is -2.35. The first-order valence-corrected chi connectivity index (χ1v) is 10.1. The van der Waals surface area contributed by atoms with Crippen LogP contribution in [0.3, 0.4) is 0 Å². The Morgan fingerprint density at radius 3 is 2.52 bits per heavy atom. The number of carbonyl (C=O) groups is 1. The van der Waals surface area contributed by atoms with Crippen LogP contribution in [0.25, 0.3) is 22.0 Å². The average Bonchev–Trinajstić information content (AvgIpc) is 3.04. The Labute approximate surface area is 171 Å².